The summed E-state index contributed by atoms with van der Waals surface area (Å²) in [6.45, 7) is 4.69. The number of likely N-dealkylation sites (N-methyl/N-ethyl adjacent to an activating group) is 1. The monoisotopic (exact) mass is 562 g/mol. The summed E-state index contributed by atoms with van der Waals surface area (Å²) in [6, 6.07) is 8.16. The lowest BCUT2D eigenvalue weighted by molar-refractivity contribution is -0.139. The van der Waals surface area contributed by atoms with E-state index in [1.807, 2.05) is 11.8 Å². The third-order valence-corrected chi connectivity index (χ3v) is 7.09. The van der Waals surface area contributed by atoms with Gasteiger partial charge in [0.1, 0.15) is 5.82 Å². The Bertz CT molecular complexity index is 1310. The summed E-state index contributed by atoms with van der Waals surface area (Å²) in [6.07, 6.45) is -4.54. The Kier molecular flexibility index (Phi) is 8.48. The van der Waals surface area contributed by atoms with Crippen LogP contribution in [0.4, 0.5) is 22.4 Å². The number of alkyl halides is 3. The van der Waals surface area contributed by atoms with Crippen molar-refractivity contribution in [3.63, 3.8) is 0 Å². The number of ether oxygens (including phenoxy) is 1. The molecule has 12 heteroatoms. The molecule has 2 atom stereocenters. The molecule has 0 saturated carbocycles. The van der Waals surface area contributed by atoms with Crippen LogP contribution < -0.4 is 5.32 Å². The predicted octanol–water partition coefficient (Wildman–Crippen LogP) is 4.20. The zero-order chi connectivity index (χ0) is 29.2. The van der Waals surface area contributed by atoms with Gasteiger partial charge in [-0.25, -0.2) is 14.0 Å². The molecule has 214 valence electrons. The number of esters is 1. The van der Waals surface area contributed by atoms with Crippen molar-refractivity contribution in [2.45, 2.75) is 32.1 Å². The van der Waals surface area contributed by atoms with Crippen molar-refractivity contribution in [3.8, 4) is 0 Å². The molecule has 1 N–H and O–H groups in total. The first-order valence-electron chi connectivity index (χ1n) is 12.8. The second-order valence-corrected chi connectivity index (χ2v) is 9.70. The van der Waals surface area contributed by atoms with Crippen molar-refractivity contribution in [2.75, 3.05) is 39.8 Å². The minimum Gasteiger partial charge on any atom is -0.463 e. The number of benzene rings is 2. The Balaban J connectivity index is 1.62. The van der Waals surface area contributed by atoms with E-state index >= 15 is 0 Å². The van der Waals surface area contributed by atoms with Crippen molar-refractivity contribution >= 4 is 17.9 Å². The molecule has 1 fully saturated rings. The second-order valence-electron chi connectivity index (χ2n) is 9.70. The summed E-state index contributed by atoms with van der Waals surface area (Å²) in [5.41, 5.74) is -0.120. The quantitative estimate of drug-likeness (QED) is 0.422. The van der Waals surface area contributed by atoms with E-state index in [4.69, 9.17) is 4.74 Å². The molecule has 3 amide bonds. The van der Waals surface area contributed by atoms with Gasteiger partial charge in [-0.05, 0) is 43.7 Å². The highest BCUT2D eigenvalue weighted by atomic mass is 19.4. The van der Waals surface area contributed by atoms with Crippen LogP contribution in [0.3, 0.4) is 0 Å². The molecule has 40 heavy (non-hydrogen) atoms. The summed E-state index contributed by atoms with van der Waals surface area (Å²) >= 11 is 0. The Hall–Kier alpha value is -3.93. The summed E-state index contributed by atoms with van der Waals surface area (Å²) in [4.78, 5) is 43.9. The van der Waals surface area contributed by atoms with Gasteiger partial charge in [-0.15, -0.1) is 0 Å². The van der Waals surface area contributed by atoms with Gasteiger partial charge in [0.05, 0.1) is 29.3 Å². The number of halogens is 4. The fourth-order valence-electron chi connectivity index (χ4n) is 4.99. The van der Waals surface area contributed by atoms with Crippen LogP contribution in [-0.4, -0.2) is 78.5 Å². The van der Waals surface area contributed by atoms with Crippen LogP contribution in [0.2, 0.25) is 0 Å². The number of carbonyl (C=O) groups is 3. The minimum atomic E-state index is -4.54. The zero-order valence-corrected chi connectivity index (χ0v) is 22.3. The van der Waals surface area contributed by atoms with Crippen LogP contribution in [0.5, 0.6) is 0 Å². The third kappa shape index (κ3) is 5.96. The van der Waals surface area contributed by atoms with Crippen molar-refractivity contribution < 1.29 is 36.7 Å². The highest BCUT2D eigenvalue weighted by molar-refractivity contribution is 5.95. The lowest BCUT2D eigenvalue weighted by Gasteiger charge is -2.42. The number of nitrogens with one attached hydrogen (secondary N) is 1. The second kappa shape index (κ2) is 11.7. The number of urea groups is 1. The van der Waals surface area contributed by atoms with Crippen molar-refractivity contribution in [2.24, 2.45) is 0 Å². The molecule has 0 radical (unpaired) electrons. The van der Waals surface area contributed by atoms with Gasteiger partial charge in [0, 0.05) is 45.0 Å². The molecule has 0 spiro atoms. The van der Waals surface area contributed by atoms with Crippen LogP contribution in [-0.2, 0) is 15.7 Å². The molecule has 0 aromatic heterocycles. The van der Waals surface area contributed by atoms with E-state index in [0.29, 0.717) is 24.4 Å². The topological polar surface area (TPSA) is 82.2 Å². The molecular weight excluding hydrogens is 532 g/mol. The van der Waals surface area contributed by atoms with E-state index in [-0.39, 0.29) is 36.9 Å². The van der Waals surface area contributed by atoms with Gasteiger partial charge >= 0.3 is 18.2 Å². The van der Waals surface area contributed by atoms with Crippen LogP contribution in [0, 0.1) is 5.82 Å². The van der Waals surface area contributed by atoms with Gasteiger partial charge < -0.3 is 15.0 Å². The van der Waals surface area contributed by atoms with E-state index in [2.05, 4.69) is 5.32 Å². The standard InChI is InChI=1S/C28H30F4N4O4/c1-4-40-26(38)23-22(34(3)27(39)33-24(23)18-9-11-19(12-10-18)28(30,31)32)16-35-13-14-36(17(2)15-35)25(37)20-7-5-6-8-21(20)29/h5-12,17,24H,4,13-16H2,1-3H3,(H,33,39)/t17-,24+/m1/s1. The summed E-state index contributed by atoms with van der Waals surface area (Å²) in [5.74, 6) is -1.72. The molecule has 2 aromatic carbocycles. The van der Waals surface area contributed by atoms with Crippen LogP contribution in [0.15, 0.2) is 59.8 Å². The first-order chi connectivity index (χ1) is 18.9. The molecule has 2 aliphatic heterocycles. The number of carbonyl (C=O) groups excluding carboxylic acids is 3. The number of piperazine rings is 1. The maximum absolute atomic E-state index is 14.2. The fraction of sp³-hybridized carbons (Fsp3) is 0.393. The van der Waals surface area contributed by atoms with Crippen LogP contribution in [0.25, 0.3) is 0 Å². The van der Waals surface area contributed by atoms with Gasteiger partial charge in [0.2, 0.25) is 0 Å². The third-order valence-electron chi connectivity index (χ3n) is 7.09. The molecule has 2 heterocycles. The first-order valence-corrected chi connectivity index (χ1v) is 12.8. The van der Waals surface area contributed by atoms with E-state index in [1.165, 1.54) is 42.3 Å². The maximum atomic E-state index is 14.2. The lowest BCUT2D eigenvalue weighted by Crippen LogP contribution is -2.56. The number of amides is 3. The minimum absolute atomic E-state index is 0.0156. The number of nitrogens with zero attached hydrogens (tertiary/aromatic N) is 3. The molecule has 0 bridgehead atoms. The summed E-state index contributed by atoms with van der Waals surface area (Å²) in [7, 11) is 1.49. The molecule has 4 rings (SSSR count). The maximum Gasteiger partial charge on any atom is 0.416 e. The van der Waals surface area contributed by atoms with Crippen molar-refractivity contribution in [1.82, 2.24) is 20.0 Å². The number of hydrogen-bond donors (Lipinski definition) is 1. The Morgan fingerprint density at radius 2 is 1.75 bits per heavy atom. The smallest absolute Gasteiger partial charge is 0.416 e. The zero-order valence-electron chi connectivity index (χ0n) is 22.3. The summed E-state index contributed by atoms with van der Waals surface area (Å²) in [5, 5.41) is 2.69. The molecule has 0 aliphatic carbocycles. The fourth-order valence-corrected chi connectivity index (χ4v) is 4.99. The number of rotatable bonds is 6. The Labute approximate surface area is 229 Å². The van der Waals surface area contributed by atoms with Crippen LogP contribution >= 0.6 is 0 Å². The highest BCUT2D eigenvalue weighted by Crippen LogP contribution is 2.34. The van der Waals surface area contributed by atoms with E-state index in [1.54, 1.807) is 17.9 Å². The first kappa shape index (κ1) is 29.1. The molecule has 1 saturated heterocycles. The highest BCUT2D eigenvalue weighted by Gasteiger charge is 2.39. The summed E-state index contributed by atoms with van der Waals surface area (Å²) < 4.78 is 58.9. The van der Waals surface area contributed by atoms with Gasteiger partial charge in [-0.2, -0.15) is 13.2 Å². The van der Waals surface area contributed by atoms with Crippen LogP contribution in [0.1, 0.15) is 41.4 Å². The normalized spacial score (nSPS) is 20.4. The number of hydrogen-bond acceptors (Lipinski definition) is 5. The van der Waals surface area contributed by atoms with E-state index in [9.17, 15) is 31.9 Å². The molecule has 2 aliphatic rings. The van der Waals surface area contributed by atoms with E-state index in [0.717, 1.165) is 12.1 Å². The molecule has 0 unspecified atom stereocenters. The Morgan fingerprint density at radius 1 is 1.07 bits per heavy atom. The van der Waals surface area contributed by atoms with Gasteiger partial charge in [0.15, 0.2) is 0 Å². The van der Waals surface area contributed by atoms with Crippen molar-refractivity contribution in [3.05, 3.63) is 82.3 Å². The van der Waals surface area contributed by atoms with Gasteiger partial charge in [-0.1, -0.05) is 24.3 Å². The SMILES string of the molecule is CCOC(=O)C1=C(CN2CCN(C(=O)c3ccccc3F)[C@H](C)C2)N(C)C(=O)N[C@H]1c1ccc(C(F)(F)F)cc1. The molecular formula is C28H30F4N4O4. The van der Waals surface area contributed by atoms with Crippen molar-refractivity contribution in [1.29, 1.82) is 0 Å². The average molecular weight is 563 g/mol. The van der Waals surface area contributed by atoms with E-state index < -0.39 is 41.5 Å². The lowest BCUT2D eigenvalue weighted by atomic mass is 9.93. The average Bonchev–Trinajstić information content (AvgIpc) is 2.91. The molecule has 8 nitrogen and oxygen atoms in total. The Morgan fingerprint density at radius 3 is 2.35 bits per heavy atom. The predicted molar refractivity (Wildman–Crippen MR) is 137 cm³/mol. The largest absolute Gasteiger partial charge is 0.463 e. The van der Waals surface area contributed by atoms with Gasteiger partial charge in [0.25, 0.3) is 5.91 Å². The van der Waals surface area contributed by atoms with Gasteiger partial charge in [-0.3, -0.25) is 14.6 Å². The molecule has 2 aromatic rings.